The molecule has 1 aromatic rings. The highest BCUT2D eigenvalue weighted by Crippen LogP contribution is 2.05. The molecule has 0 bridgehead atoms. The zero-order chi connectivity index (χ0) is 14.3. The van der Waals surface area contributed by atoms with Gasteiger partial charge in [0.05, 0.1) is 25.9 Å². The number of rotatable bonds is 7. The average molecular weight is 268 g/mol. The van der Waals surface area contributed by atoms with Gasteiger partial charge >= 0.3 is 0 Å². The highest BCUT2D eigenvalue weighted by atomic mass is 16.3. The fraction of sp³-hybridized carbons (Fsp3) is 0.462. The van der Waals surface area contributed by atoms with Crippen LogP contribution in [0.2, 0.25) is 0 Å². The molecule has 6 heteroatoms. The summed E-state index contributed by atoms with van der Waals surface area (Å²) in [4.78, 5) is 11.9. The van der Waals surface area contributed by atoms with E-state index in [0.717, 1.165) is 5.56 Å². The first-order valence-corrected chi connectivity index (χ1v) is 6.01. The molecule has 6 N–H and O–H groups in total. The van der Waals surface area contributed by atoms with E-state index in [1.54, 1.807) is 0 Å². The van der Waals surface area contributed by atoms with Crippen molar-refractivity contribution >= 4 is 5.91 Å². The van der Waals surface area contributed by atoms with E-state index >= 15 is 0 Å². The molecule has 0 aliphatic carbocycles. The zero-order valence-corrected chi connectivity index (χ0v) is 10.6. The molecule has 0 unspecified atom stereocenters. The van der Waals surface area contributed by atoms with E-state index in [1.807, 2.05) is 30.3 Å². The predicted molar refractivity (Wildman–Crippen MR) is 70.3 cm³/mol. The van der Waals surface area contributed by atoms with E-state index < -0.39 is 37.3 Å². The Morgan fingerprint density at radius 3 is 2.16 bits per heavy atom. The Labute approximate surface area is 111 Å². The van der Waals surface area contributed by atoms with Crippen LogP contribution in [0.5, 0.6) is 0 Å². The number of nitrogens with one attached hydrogen (secondary N) is 1. The SMILES string of the molecule is N[C@@H](Cc1ccccc1)C(=O)NC(CO)(CO)CO. The molecule has 0 aliphatic heterocycles. The van der Waals surface area contributed by atoms with Crippen molar-refractivity contribution < 1.29 is 20.1 Å². The summed E-state index contributed by atoms with van der Waals surface area (Å²) < 4.78 is 0. The van der Waals surface area contributed by atoms with E-state index in [0.29, 0.717) is 6.42 Å². The lowest BCUT2D eigenvalue weighted by Crippen LogP contribution is -2.60. The van der Waals surface area contributed by atoms with Gasteiger partial charge in [-0.15, -0.1) is 0 Å². The summed E-state index contributed by atoms with van der Waals surface area (Å²) in [6.45, 7) is -1.70. The first-order valence-electron chi connectivity index (χ1n) is 6.01. The van der Waals surface area contributed by atoms with Crippen molar-refractivity contribution in [1.29, 1.82) is 0 Å². The highest BCUT2D eigenvalue weighted by Gasteiger charge is 2.31. The molecular formula is C13H20N2O4. The van der Waals surface area contributed by atoms with Gasteiger partial charge in [-0.05, 0) is 12.0 Å². The topological polar surface area (TPSA) is 116 Å². The Hall–Kier alpha value is -1.47. The van der Waals surface area contributed by atoms with Crippen LogP contribution in [0.3, 0.4) is 0 Å². The maximum absolute atomic E-state index is 11.9. The third-order valence-corrected chi connectivity index (χ3v) is 2.93. The molecule has 1 atom stereocenters. The van der Waals surface area contributed by atoms with Gasteiger partial charge in [0, 0.05) is 0 Å². The molecule has 0 fully saturated rings. The molecule has 1 aromatic carbocycles. The van der Waals surface area contributed by atoms with Crippen molar-refractivity contribution in [3.05, 3.63) is 35.9 Å². The normalized spacial score (nSPS) is 13.1. The third-order valence-electron chi connectivity index (χ3n) is 2.93. The van der Waals surface area contributed by atoms with Crippen LogP contribution in [0.25, 0.3) is 0 Å². The van der Waals surface area contributed by atoms with Crippen molar-refractivity contribution in [2.24, 2.45) is 5.73 Å². The molecule has 106 valence electrons. The van der Waals surface area contributed by atoms with Crippen LogP contribution in [0.15, 0.2) is 30.3 Å². The van der Waals surface area contributed by atoms with Crippen LogP contribution in [0.1, 0.15) is 5.56 Å². The fourth-order valence-electron chi connectivity index (χ4n) is 1.58. The number of hydrogen-bond donors (Lipinski definition) is 5. The minimum atomic E-state index is -1.44. The van der Waals surface area contributed by atoms with Gasteiger partial charge in [-0.2, -0.15) is 0 Å². The second-order valence-corrected chi connectivity index (χ2v) is 4.54. The molecule has 0 radical (unpaired) electrons. The van der Waals surface area contributed by atoms with Crippen molar-refractivity contribution in [3.63, 3.8) is 0 Å². The molecule has 19 heavy (non-hydrogen) atoms. The van der Waals surface area contributed by atoms with E-state index in [-0.39, 0.29) is 0 Å². The Bertz CT molecular complexity index is 385. The van der Waals surface area contributed by atoms with Crippen LogP contribution >= 0.6 is 0 Å². The summed E-state index contributed by atoms with van der Waals surface area (Å²) >= 11 is 0. The maximum Gasteiger partial charge on any atom is 0.237 e. The number of carbonyl (C=O) groups excluding carboxylic acids is 1. The monoisotopic (exact) mass is 268 g/mol. The van der Waals surface area contributed by atoms with Gasteiger partial charge in [0.15, 0.2) is 0 Å². The van der Waals surface area contributed by atoms with E-state index in [1.165, 1.54) is 0 Å². The summed E-state index contributed by atoms with van der Waals surface area (Å²) in [6, 6.07) is 8.45. The van der Waals surface area contributed by atoms with Gasteiger partial charge in [0.25, 0.3) is 0 Å². The van der Waals surface area contributed by atoms with E-state index in [4.69, 9.17) is 21.1 Å². The Kier molecular flexibility index (Phi) is 5.91. The van der Waals surface area contributed by atoms with Crippen LogP contribution in [-0.4, -0.2) is 52.6 Å². The first-order chi connectivity index (χ1) is 9.06. The quantitative estimate of drug-likeness (QED) is 0.408. The third kappa shape index (κ3) is 4.29. The number of benzene rings is 1. The van der Waals surface area contributed by atoms with Crippen molar-refractivity contribution in [1.82, 2.24) is 5.32 Å². The minimum Gasteiger partial charge on any atom is -0.394 e. The van der Waals surface area contributed by atoms with Crippen LogP contribution in [-0.2, 0) is 11.2 Å². The lowest BCUT2D eigenvalue weighted by atomic mass is 10.0. The van der Waals surface area contributed by atoms with Gasteiger partial charge in [-0.25, -0.2) is 0 Å². The summed E-state index contributed by atoms with van der Waals surface area (Å²) in [5.41, 5.74) is 5.23. The molecule has 0 spiro atoms. The molecular weight excluding hydrogens is 248 g/mol. The number of carbonyl (C=O) groups is 1. The van der Waals surface area contributed by atoms with Gasteiger partial charge in [-0.3, -0.25) is 4.79 Å². The second-order valence-electron chi connectivity index (χ2n) is 4.54. The molecule has 0 heterocycles. The Balaban J connectivity index is 2.62. The molecule has 0 aromatic heterocycles. The summed E-state index contributed by atoms with van der Waals surface area (Å²) in [6.07, 6.45) is 0.338. The minimum absolute atomic E-state index is 0.338. The van der Waals surface area contributed by atoms with Crippen molar-refractivity contribution in [2.75, 3.05) is 19.8 Å². The standard InChI is InChI=1S/C13H20N2O4/c14-11(6-10-4-2-1-3-5-10)12(19)15-13(7-16,8-17)9-18/h1-5,11,16-18H,6-9,14H2,(H,15,19)/t11-/m0/s1. The Morgan fingerprint density at radius 1 is 1.16 bits per heavy atom. The maximum atomic E-state index is 11.9. The molecule has 0 saturated heterocycles. The molecule has 1 amide bonds. The number of amides is 1. The number of aliphatic hydroxyl groups is 3. The van der Waals surface area contributed by atoms with E-state index in [9.17, 15) is 4.79 Å². The summed E-state index contributed by atoms with van der Waals surface area (Å²) in [7, 11) is 0. The lowest BCUT2D eigenvalue weighted by molar-refractivity contribution is -0.126. The van der Waals surface area contributed by atoms with Crippen molar-refractivity contribution in [3.8, 4) is 0 Å². The molecule has 1 rings (SSSR count). The molecule has 0 aliphatic rings. The number of aliphatic hydroxyl groups excluding tert-OH is 3. The largest absolute Gasteiger partial charge is 0.394 e. The predicted octanol–water partition coefficient (Wildman–Crippen LogP) is -1.61. The number of nitrogens with two attached hydrogens (primary N) is 1. The summed E-state index contributed by atoms with van der Waals surface area (Å²) in [5.74, 6) is -0.527. The number of hydrogen-bond acceptors (Lipinski definition) is 5. The lowest BCUT2D eigenvalue weighted by Gasteiger charge is -2.30. The van der Waals surface area contributed by atoms with Gasteiger partial charge in [0.1, 0.15) is 5.54 Å². The average Bonchev–Trinajstić information content (AvgIpc) is 2.45. The molecule has 0 saturated carbocycles. The smallest absolute Gasteiger partial charge is 0.237 e. The highest BCUT2D eigenvalue weighted by molar-refractivity contribution is 5.82. The van der Waals surface area contributed by atoms with Gasteiger partial charge in [-0.1, -0.05) is 30.3 Å². The van der Waals surface area contributed by atoms with Gasteiger partial charge < -0.3 is 26.4 Å². The zero-order valence-electron chi connectivity index (χ0n) is 10.6. The second kappa shape index (κ2) is 7.20. The Morgan fingerprint density at radius 2 is 1.68 bits per heavy atom. The summed E-state index contributed by atoms with van der Waals surface area (Å²) in [5, 5.41) is 29.7. The van der Waals surface area contributed by atoms with Crippen molar-refractivity contribution in [2.45, 2.75) is 18.0 Å². The van der Waals surface area contributed by atoms with Crippen LogP contribution < -0.4 is 11.1 Å². The molecule has 6 nitrogen and oxygen atoms in total. The fourth-order valence-corrected chi connectivity index (χ4v) is 1.58. The van der Waals surface area contributed by atoms with E-state index in [2.05, 4.69) is 5.32 Å². The van der Waals surface area contributed by atoms with Crippen LogP contribution in [0.4, 0.5) is 0 Å². The van der Waals surface area contributed by atoms with Gasteiger partial charge in [0.2, 0.25) is 5.91 Å². The van der Waals surface area contributed by atoms with Crippen LogP contribution in [0, 0.1) is 0 Å². The first kappa shape index (κ1) is 15.6.